The molecule has 1 aromatic heterocycles. The number of hydrogen-bond donors (Lipinski definition) is 0. The highest BCUT2D eigenvalue weighted by molar-refractivity contribution is 6.16. The Bertz CT molecular complexity index is 1010. The maximum atomic E-state index is 13.1. The van der Waals surface area contributed by atoms with Gasteiger partial charge in [-0.2, -0.15) is 0 Å². The minimum absolute atomic E-state index is 0.221. The molecule has 1 amide bonds. The zero-order valence-electron chi connectivity index (χ0n) is 16.3. The molecule has 1 aromatic carbocycles. The van der Waals surface area contributed by atoms with Crippen molar-refractivity contribution < 1.29 is 23.9 Å². The molecular formula is C22H20N2O5. The van der Waals surface area contributed by atoms with E-state index in [2.05, 4.69) is 9.72 Å². The number of benzene rings is 1. The summed E-state index contributed by atoms with van der Waals surface area (Å²) in [5.41, 5.74) is 2.88. The van der Waals surface area contributed by atoms with E-state index in [0.29, 0.717) is 16.8 Å². The van der Waals surface area contributed by atoms with Crippen molar-refractivity contribution in [3.8, 4) is 0 Å². The third-order valence-electron chi connectivity index (χ3n) is 4.61. The molecule has 7 nitrogen and oxygen atoms in total. The Labute approximate surface area is 168 Å². The molecule has 0 atom stereocenters. The fraction of sp³-hybridized carbons (Fsp3) is 0.182. The summed E-state index contributed by atoms with van der Waals surface area (Å²) in [7, 11) is 2.59. The average molecular weight is 392 g/mol. The summed E-state index contributed by atoms with van der Waals surface area (Å²) in [5.74, 6) is -1.33. The fourth-order valence-electron chi connectivity index (χ4n) is 3.09. The molecule has 2 heterocycles. The summed E-state index contributed by atoms with van der Waals surface area (Å²) in [6.07, 6.45) is 4.94. The van der Waals surface area contributed by atoms with E-state index in [0.717, 1.165) is 5.56 Å². The van der Waals surface area contributed by atoms with Crippen LogP contribution in [0.2, 0.25) is 0 Å². The maximum Gasteiger partial charge on any atom is 0.340 e. The largest absolute Gasteiger partial charge is 0.465 e. The van der Waals surface area contributed by atoms with Gasteiger partial charge in [0.2, 0.25) is 0 Å². The van der Waals surface area contributed by atoms with Crippen LogP contribution in [0.15, 0.2) is 65.6 Å². The molecule has 0 radical (unpaired) electrons. The second kappa shape index (κ2) is 8.52. The molecular weight excluding hydrogens is 372 g/mol. The van der Waals surface area contributed by atoms with Gasteiger partial charge in [0.05, 0.1) is 37.5 Å². The molecule has 0 bridgehead atoms. The number of allylic oxidation sites excluding steroid dienone is 1. The van der Waals surface area contributed by atoms with Crippen molar-refractivity contribution in [3.05, 3.63) is 82.3 Å². The number of carbonyl (C=O) groups is 3. The maximum absolute atomic E-state index is 13.1. The highest BCUT2D eigenvalue weighted by Gasteiger charge is 2.36. The summed E-state index contributed by atoms with van der Waals surface area (Å²) < 4.78 is 9.58. The van der Waals surface area contributed by atoms with Gasteiger partial charge in [-0.1, -0.05) is 18.2 Å². The predicted molar refractivity (Wildman–Crippen MR) is 105 cm³/mol. The number of rotatable bonds is 5. The van der Waals surface area contributed by atoms with Crippen LogP contribution in [0.1, 0.15) is 28.4 Å². The van der Waals surface area contributed by atoms with Gasteiger partial charge < -0.3 is 14.4 Å². The molecule has 1 aliphatic heterocycles. The molecule has 3 rings (SSSR count). The first kappa shape index (κ1) is 20.0. The SMILES string of the molecule is COC(=O)C1=C(C)N(Cc2cccnc2)C(=O)C1=Cc1ccc(C(=O)OC)cc1. The van der Waals surface area contributed by atoms with Crippen molar-refractivity contribution in [1.82, 2.24) is 9.88 Å². The Balaban J connectivity index is 1.98. The van der Waals surface area contributed by atoms with Crippen LogP contribution in [0.5, 0.6) is 0 Å². The number of ether oxygens (including phenoxy) is 2. The molecule has 0 aliphatic carbocycles. The monoisotopic (exact) mass is 392 g/mol. The lowest BCUT2D eigenvalue weighted by Gasteiger charge is -2.17. The van der Waals surface area contributed by atoms with Gasteiger partial charge in [-0.15, -0.1) is 0 Å². The van der Waals surface area contributed by atoms with Gasteiger partial charge in [-0.3, -0.25) is 9.78 Å². The number of esters is 2. The standard InChI is InChI=1S/C22H20N2O5/c1-14-19(22(27)29-3)18(11-15-6-8-17(9-7-15)21(26)28-2)20(25)24(14)13-16-5-4-10-23-12-16/h4-12H,13H2,1-3H3. The first-order valence-electron chi connectivity index (χ1n) is 8.86. The predicted octanol–water partition coefficient (Wildman–Crippen LogP) is 2.74. The Morgan fingerprint density at radius 2 is 1.76 bits per heavy atom. The van der Waals surface area contributed by atoms with E-state index in [4.69, 9.17) is 4.74 Å². The van der Waals surface area contributed by atoms with Crippen LogP contribution in [0.4, 0.5) is 0 Å². The van der Waals surface area contributed by atoms with Crippen LogP contribution in [0, 0.1) is 0 Å². The number of pyridine rings is 1. The van der Waals surface area contributed by atoms with Crippen LogP contribution in [0.25, 0.3) is 6.08 Å². The summed E-state index contributed by atoms with van der Waals surface area (Å²) in [6, 6.07) is 10.2. The number of nitrogens with zero attached hydrogens (tertiary/aromatic N) is 2. The van der Waals surface area contributed by atoms with Crippen molar-refractivity contribution in [2.75, 3.05) is 14.2 Å². The van der Waals surface area contributed by atoms with Gasteiger partial charge in [0.25, 0.3) is 5.91 Å². The Kier molecular flexibility index (Phi) is 5.87. The van der Waals surface area contributed by atoms with E-state index in [1.54, 1.807) is 55.7 Å². The molecule has 0 N–H and O–H groups in total. The average Bonchev–Trinajstić information content (AvgIpc) is 2.98. The Morgan fingerprint density at radius 3 is 2.34 bits per heavy atom. The van der Waals surface area contributed by atoms with Gasteiger partial charge in [0.15, 0.2) is 0 Å². The smallest absolute Gasteiger partial charge is 0.340 e. The second-order valence-electron chi connectivity index (χ2n) is 6.38. The lowest BCUT2D eigenvalue weighted by molar-refractivity contribution is -0.136. The second-order valence-corrected chi connectivity index (χ2v) is 6.38. The molecule has 0 unspecified atom stereocenters. The summed E-state index contributed by atoms with van der Waals surface area (Å²) >= 11 is 0. The fourth-order valence-corrected chi connectivity index (χ4v) is 3.09. The molecule has 2 aromatic rings. The van der Waals surface area contributed by atoms with E-state index < -0.39 is 11.9 Å². The van der Waals surface area contributed by atoms with Crippen molar-refractivity contribution in [2.24, 2.45) is 0 Å². The molecule has 148 valence electrons. The first-order valence-corrected chi connectivity index (χ1v) is 8.86. The third-order valence-corrected chi connectivity index (χ3v) is 4.61. The molecule has 0 saturated carbocycles. The molecule has 1 aliphatic rings. The van der Waals surface area contributed by atoms with E-state index in [1.807, 2.05) is 6.07 Å². The van der Waals surface area contributed by atoms with Gasteiger partial charge in [0, 0.05) is 18.1 Å². The quantitative estimate of drug-likeness (QED) is 0.575. The minimum Gasteiger partial charge on any atom is -0.465 e. The molecule has 7 heteroatoms. The number of carbonyl (C=O) groups excluding carboxylic acids is 3. The minimum atomic E-state index is -0.582. The Morgan fingerprint density at radius 1 is 1.07 bits per heavy atom. The summed E-state index contributed by atoms with van der Waals surface area (Å²) in [4.78, 5) is 42.6. The molecule has 29 heavy (non-hydrogen) atoms. The summed E-state index contributed by atoms with van der Waals surface area (Å²) in [5, 5.41) is 0. The summed E-state index contributed by atoms with van der Waals surface area (Å²) in [6.45, 7) is 2.00. The first-order chi connectivity index (χ1) is 14.0. The van der Waals surface area contributed by atoms with Crippen molar-refractivity contribution in [3.63, 3.8) is 0 Å². The lowest BCUT2D eigenvalue weighted by atomic mass is 10.0. The van der Waals surface area contributed by atoms with Crippen LogP contribution >= 0.6 is 0 Å². The Hall–Kier alpha value is -3.74. The van der Waals surface area contributed by atoms with E-state index >= 15 is 0 Å². The van der Waals surface area contributed by atoms with Crippen LogP contribution in [0.3, 0.4) is 0 Å². The van der Waals surface area contributed by atoms with Gasteiger partial charge in [-0.25, -0.2) is 9.59 Å². The topological polar surface area (TPSA) is 85.8 Å². The number of aromatic nitrogens is 1. The van der Waals surface area contributed by atoms with Crippen molar-refractivity contribution in [2.45, 2.75) is 13.5 Å². The lowest BCUT2D eigenvalue weighted by Crippen LogP contribution is -2.24. The number of methoxy groups -OCH3 is 2. The van der Waals surface area contributed by atoms with Crippen molar-refractivity contribution >= 4 is 23.9 Å². The van der Waals surface area contributed by atoms with Gasteiger partial charge in [-0.05, 0) is 42.3 Å². The highest BCUT2D eigenvalue weighted by atomic mass is 16.5. The van der Waals surface area contributed by atoms with Crippen LogP contribution in [-0.2, 0) is 25.6 Å². The zero-order valence-corrected chi connectivity index (χ0v) is 16.3. The van der Waals surface area contributed by atoms with Crippen LogP contribution < -0.4 is 0 Å². The van der Waals surface area contributed by atoms with E-state index in [1.165, 1.54) is 19.1 Å². The molecule has 0 saturated heterocycles. The van der Waals surface area contributed by atoms with Crippen molar-refractivity contribution in [1.29, 1.82) is 0 Å². The van der Waals surface area contributed by atoms with Gasteiger partial charge in [0.1, 0.15) is 0 Å². The number of amides is 1. The van der Waals surface area contributed by atoms with Crippen LogP contribution in [-0.4, -0.2) is 41.9 Å². The van der Waals surface area contributed by atoms with Gasteiger partial charge >= 0.3 is 11.9 Å². The third kappa shape index (κ3) is 4.08. The normalized spacial score (nSPS) is 15.1. The zero-order chi connectivity index (χ0) is 21.0. The molecule has 0 fully saturated rings. The number of hydrogen-bond acceptors (Lipinski definition) is 6. The van der Waals surface area contributed by atoms with E-state index in [9.17, 15) is 14.4 Å². The highest BCUT2D eigenvalue weighted by Crippen LogP contribution is 2.32. The van der Waals surface area contributed by atoms with E-state index in [-0.39, 0.29) is 23.6 Å². The molecule has 0 spiro atoms.